The molecule has 0 bridgehead atoms. The number of hydrogen-bond acceptors (Lipinski definition) is 4. The van der Waals surface area contributed by atoms with Crippen molar-refractivity contribution in [3.63, 3.8) is 0 Å². The van der Waals surface area contributed by atoms with Gasteiger partial charge in [-0.3, -0.25) is 4.98 Å². The van der Waals surface area contributed by atoms with E-state index >= 15 is 0 Å². The lowest BCUT2D eigenvalue weighted by Crippen LogP contribution is -2.40. The average molecular weight is 275 g/mol. The predicted molar refractivity (Wildman–Crippen MR) is 75.1 cm³/mol. The van der Waals surface area contributed by atoms with Crippen molar-refractivity contribution in [2.45, 2.75) is 52.4 Å². The Bertz CT molecular complexity index is 549. The molecular weight excluding hydrogens is 254 g/mol. The molecule has 1 aromatic heterocycles. The van der Waals surface area contributed by atoms with Gasteiger partial charge in [-0.1, -0.05) is 0 Å². The lowest BCUT2D eigenvalue weighted by molar-refractivity contribution is 0.0222. The maximum Gasteiger partial charge on any atom is 0.410 e. The number of fused-ring (bicyclic) bond motifs is 3. The van der Waals surface area contributed by atoms with E-state index in [-0.39, 0.29) is 6.09 Å². The van der Waals surface area contributed by atoms with Crippen LogP contribution in [0.5, 0.6) is 0 Å². The second-order valence-electron chi connectivity index (χ2n) is 6.44. The van der Waals surface area contributed by atoms with Crippen LogP contribution in [0, 0.1) is 0 Å². The fraction of sp³-hybridized carbons (Fsp3) is 0.600. The van der Waals surface area contributed by atoms with Gasteiger partial charge in [-0.2, -0.15) is 0 Å². The van der Waals surface area contributed by atoms with Crippen LogP contribution in [0.15, 0.2) is 6.20 Å². The van der Waals surface area contributed by atoms with Crippen molar-refractivity contribution in [2.75, 3.05) is 6.54 Å². The van der Waals surface area contributed by atoms with Gasteiger partial charge < -0.3 is 15.0 Å². The Morgan fingerprint density at radius 1 is 1.35 bits per heavy atom. The zero-order chi connectivity index (χ0) is 14.3. The summed E-state index contributed by atoms with van der Waals surface area (Å²) in [6, 6.07) is 0. The van der Waals surface area contributed by atoms with Crippen LogP contribution >= 0.6 is 0 Å². The minimum atomic E-state index is -0.449. The van der Waals surface area contributed by atoms with E-state index < -0.39 is 5.60 Å². The SMILES string of the molecule is CC(C)(C)OC(=O)N1CCc2ncc3c(c2C1)CNC3. The van der Waals surface area contributed by atoms with Gasteiger partial charge in [0.25, 0.3) is 0 Å². The lowest BCUT2D eigenvalue weighted by atomic mass is 9.98. The highest BCUT2D eigenvalue weighted by molar-refractivity contribution is 5.68. The first-order chi connectivity index (χ1) is 9.44. The van der Waals surface area contributed by atoms with Crippen LogP contribution in [-0.4, -0.2) is 28.1 Å². The Kier molecular flexibility index (Phi) is 3.17. The molecule has 2 aliphatic rings. The Morgan fingerprint density at radius 3 is 2.90 bits per heavy atom. The summed E-state index contributed by atoms with van der Waals surface area (Å²) in [5.74, 6) is 0. The molecule has 0 aromatic carbocycles. The number of nitrogens with one attached hydrogen (secondary N) is 1. The molecule has 0 aliphatic carbocycles. The van der Waals surface area contributed by atoms with Crippen molar-refractivity contribution in [1.29, 1.82) is 0 Å². The summed E-state index contributed by atoms with van der Waals surface area (Å²) in [4.78, 5) is 18.5. The van der Waals surface area contributed by atoms with E-state index in [1.165, 1.54) is 16.7 Å². The van der Waals surface area contributed by atoms with Gasteiger partial charge in [0.1, 0.15) is 5.60 Å². The van der Waals surface area contributed by atoms with Crippen LogP contribution in [0.2, 0.25) is 0 Å². The fourth-order valence-corrected chi connectivity index (χ4v) is 2.77. The molecule has 3 heterocycles. The zero-order valence-corrected chi connectivity index (χ0v) is 12.3. The summed E-state index contributed by atoms with van der Waals surface area (Å²) in [6.45, 7) is 8.73. The van der Waals surface area contributed by atoms with Crippen LogP contribution in [0.4, 0.5) is 4.79 Å². The number of carbonyl (C=O) groups is 1. The summed E-state index contributed by atoms with van der Waals surface area (Å²) in [7, 11) is 0. The van der Waals surface area contributed by atoms with E-state index in [2.05, 4.69) is 10.3 Å². The summed E-state index contributed by atoms with van der Waals surface area (Å²) >= 11 is 0. The van der Waals surface area contributed by atoms with Crippen molar-refractivity contribution < 1.29 is 9.53 Å². The first kappa shape index (κ1) is 13.4. The maximum absolute atomic E-state index is 12.2. The summed E-state index contributed by atoms with van der Waals surface area (Å²) in [5, 5.41) is 3.35. The molecule has 5 heteroatoms. The van der Waals surface area contributed by atoms with E-state index in [9.17, 15) is 4.79 Å². The van der Waals surface area contributed by atoms with Gasteiger partial charge in [0.15, 0.2) is 0 Å². The molecule has 3 rings (SSSR count). The molecule has 1 N–H and O–H groups in total. The highest BCUT2D eigenvalue weighted by atomic mass is 16.6. The lowest BCUT2D eigenvalue weighted by Gasteiger charge is -2.31. The fourth-order valence-electron chi connectivity index (χ4n) is 2.77. The first-order valence-electron chi connectivity index (χ1n) is 7.11. The molecule has 1 amide bonds. The molecule has 1 aromatic rings. The molecule has 5 nitrogen and oxygen atoms in total. The van der Waals surface area contributed by atoms with Gasteiger partial charge in [0, 0.05) is 37.9 Å². The highest BCUT2D eigenvalue weighted by Crippen LogP contribution is 2.27. The van der Waals surface area contributed by atoms with Crippen molar-refractivity contribution in [1.82, 2.24) is 15.2 Å². The topological polar surface area (TPSA) is 54.5 Å². The third-order valence-corrected chi connectivity index (χ3v) is 3.71. The minimum Gasteiger partial charge on any atom is -0.444 e. The van der Waals surface area contributed by atoms with Gasteiger partial charge in [0.05, 0.1) is 6.54 Å². The van der Waals surface area contributed by atoms with Crippen LogP contribution in [0.25, 0.3) is 0 Å². The van der Waals surface area contributed by atoms with Gasteiger partial charge in [-0.25, -0.2) is 4.79 Å². The molecule has 0 unspecified atom stereocenters. The molecule has 20 heavy (non-hydrogen) atoms. The standard InChI is InChI=1S/C15H21N3O2/c1-15(2,3)20-14(19)18-5-4-13-12(9-18)11-8-16-6-10(11)7-17-13/h7,16H,4-6,8-9H2,1-3H3. The van der Waals surface area contributed by atoms with Gasteiger partial charge in [-0.05, 0) is 37.5 Å². The molecule has 0 spiro atoms. The highest BCUT2D eigenvalue weighted by Gasteiger charge is 2.29. The number of aromatic nitrogens is 1. The maximum atomic E-state index is 12.2. The van der Waals surface area contributed by atoms with Crippen molar-refractivity contribution in [2.24, 2.45) is 0 Å². The largest absolute Gasteiger partial charge is 0.444 e. The molecule has 0 fully saturated rings. The number of rotatable bonds is 0. The van der Waals surface area contributed by atoms with Crippen LogP contribution in [0.1, 0.15) is 43.2 Å². The summed E-state index contributed by atoms with van der Waals surface area (Å²) < 4.78 is 5.46. The van der Waals surface area contributed by atoms with Crippen LogP contribution in [-0.2, 0) is 30.8 Å². The normalized spacial score (nSPS) is 17.6. The van der Waals surface area contributed by atoms with Gasteiger partial charge in [0.2, 0.25) is 0 Å². The number of amides is 1. The molecular formula is C15H21N3O2. The number of carbonyl (C=O) groups excluding carboxylic acids is 1. The van der Waals surface area contributed by atoms with E-state index in [0.717, 1.165) is 25.2 Å². The van der Waals surface area contributed by atoms with Crippen molar-refractivity contribution >= 4 is 6.09 Å². The Balaban J connectivity index is 1.81. The number of ether oxygens (including phenoxy) is 1. The quantitative estimate of drug-likeness (QED) is 0.786. The van der Waals surface area contributed by atoms with Crippen LogP contribution < -0.4 is 5.32 Å². The second-order valence-corrected chi connectivity index (χ2v) is 6.44. The van der Waals surface area contributed by atoms with Gasteiger partial charge >= 0.3 is 6.09 Å². The molecule has 0 radical (unpaired) electrons. The van der Waals surface area contributed by atoms with E-state index in [4.69, 9.17) is 4.74 Å². The Hall–Kier alpha value is -1.62. The first-order valence-corrected chi connectivity index (χ1v) is 7.11. The number of pyridine rings is 1. The second kappa shape index (κ2) is 4.74. The third-order valence-electron chi connectivity index (χ3n) is 3.71. The van der Waals surface area contributed by atoms with E-state index in [1.54, 1.807) is 4.90 Å². The number of hydrogen-bond donors (Lipinski definition) is 1. The zero-order valence-electron chi connectivity index (χ0n) is 12.3. The van der Waals surface area contributed by atoms with Crippen molar-refractivity contribution in [3.05, 3.63) is 28.6 Å². The Morgan fingerprint density at radius 2 is 2.15 bits per heavy atom. The molecule has 0 saturated carbocycles. The average Bonchev–Trinajstić information content (AvgIpc) is 2.84. The smallest absolute Gasteiger partial charge is 0.410 e. The molecule has 0 saturated heterocycles. The predicted octanol–water partition coefficient (Wildman–Crippen LogP) is 1.98. The molecule has 2 aliphatic heterocycles. The van der Waals surface area contributed by atoms with E-state index in [1.807, 2.05) is 27.0 Å². The Labute approximate surface area is 119 Å². The minimum absolute atomic E-state index is 0.230. The summed E-state index contributed by atoms with van der Waals surface area (Å²) in [6.07, 6.45) is 2.55. The van der Waals surface area contributed by atoms with Crippen LogP contribution in [0.3, 0.4) is 0 Å². The monoisotopic (exact) mass is 275 g/mol. The third kappa shape index (κ3) is 2.50. The molecule has 0 atom stereocenters. The van der Waals surface area contributed by atoms with E-state index in [0.29, 0.717) is 13.1 Å². The van der Waals surface area contributed by atoms with Crippen molar-refractivity contribution in [3.8, 4) is 0 Å². The molecule has 108 valence electrons. The number of nitrogens with zero attached hydrogens (tertiary/aromatic N) is 2. The van der Waals surface area contributed by atoms with Gasteiger partial charge in [-0.15, -0.1) is 0 Å². The summed E-state index contributed by atoms with van der Waals surface area (Å²) in [5.41, 5.74) is 4.48.